The number of hydrogen-bond donors (Lipinski definition) is 1. The number of aromatic nitrogens is 1. The molecule has 2 heterocycles. The molecule has 0 spiro atoms. The van der Waals surface area contributed by atoms with Gasteiger partial charge in [0.2, 0.25) is 0 Å². The maximum absolute atomic E-state index is 5.93. The van der Waals surface area contributed by atoms with Crippen molar-refractivity contribution in [2.45, 2.75) is 58.0 Å². The van der Waals surface area contributed by atoms with Gasteiger partial charge in [-0.05, 0) is 50.2 Å². The normalized spacial score (nSPS) is 22.6. The molecule has 0 aromatic carbocycles. The van der Waals surface area contributed by atoms with Gasteiger partial charge in [0, 0.05) is 30.4 Å². The van der Waals surface area contributed by atoms with Crippen LogP contribution in [0.3, 0.4) is 0 Å². The monoisotopic (exact) mass is 245 g/mol. The lowest BCUT2D eigenvalue weighted by Gasteiger charge is -2.27. The minimum absolute atomic E-state index is 0.614. The SMILES string of the molecule is CCC1CCCN1c1nc2c(cc1CN)CCC2. The van der Waals surface area contributed by atoms with Crippen LogP contribution in [0.15, 0.2) is 6.07 Å². The zero-order valence-corrected chi connectivity index (χ0v) is 11.3. The Morgan fingerprint density at radius 3 is 3.06 bits per heavy atom. The first kappa shape index (κ1) is 12.0. The van der Waals surface area contributed by atoms with Crippen LogP contribution in [0.1, 0.15) is 49.4 Å². The van der Waals surface area contributed by atoms with Gasteiger partial charge in [0.15, 0.2) is 0 Å². The van der Waals surface area contributed by atoms with Crippen LogP contribution < -0.4 is 10.6 Å². The van der Waals surface area contributed by atoms with Crippen LogP contribution in [-0.4, -0.2) is 17.6 Å². The highest BCUT2D eigenvalue weighted by molar-refractivity contribution is 5.52. The average molecular weight is 245 g/mol. The lowest BCUT2D eigenvalue weighted by atomic mass is 10.1. The van der Waals surface area contributed by atoms with E-state index in [4.69, 9.17) is 10.7 Å². The molecule has 1 aliphatic carbocycles. The summed E-state index contributed by atoms with van der Waals surface area (Å²) < 4.78 is 0. The van der Waals surface area contributed by atoms with Crippen LogP contribution in [0.5, 0.6) is 0 Å². The van der Waals surface area contributed by atoms with Gasteiger partial charge in [0.05, 0.1) is 0 Å². The molecule has 1 aromatic rings. The summed E-state index contributed by atoms with van der Waals surface area (Å²) in [6.45, 7) is 4.04. The molecule has 2 aliphatic rings. The van der Waals surface area contributed by atoms with E-state index in [1.54, 1.807) is 0 Å². The highest BCUT2D eigenvalue weighted by Crippen LogP contribution is 2.32. The maximum atomic E-state index is 5.93. The number of anilines is 1. The molecule has 3 rings (SSSR count). The molecule has 1 fully saturated rings. The Hall–Kier alpha value is -1.09. The molecular formula is C15H23N3. The van der Waals surface area contributed by atoms with Crippen molar-refractivity contribution in [2.75, 3.05) is 11.4 Å². The number of aryl methyl sites for hydroxylation is 2. The van der Waals surface area contributed by atoms with Crippen LogP contribution in [0.25, 0.3) is 0 Å². The second-order valence-electron chi connectivity index (χ2n) is 5.53. The molecule has 0 radical (unpaired) electrons. The Balaban J connectivity index is 1.99. The van der Waals surface area contributed by atoms with Crippen molar-refractivity contribution in [1.29, 1.82) is 0 Å². The first-order valence-electron chi connectivity index (χ1n) is 7.32. The lowest BCUT2D eigenvalue weighted by Crippen LogP contribution is -2.31. The van der Waals surface area contributed by atoms with E-state index in [1.807, 2.05) is 0 Å². The van der Waals surface area contributed by atoms with Gasteiger partial charge in [-0.1, -0.05) is 6.92 Å². The van der Waals surface area contributed by atoms with Crippen LogP contribution in [0.2, 0.25) is 0 Å². The van der Waals surface area contributed by atoms with Crippen LogP contribution in [0, 0.1) is 0 Å². The fourth-order valence-corrected chi connectivity index (χ4v) is 3.45. The largest absolute Gasteiger partial charge is 0.353 e. The first-order chi connectivity index (χ1) is 8.83. The van der Waals surface area contributed by atoms with E-state index < -0.39 is 0 Å². The fourth-order valence-electron chi connectivity index (χ4n) is 3.45. The van der Waals surface area contributed by atoms with Crippen molar-refractivity contribution in [1.82, 2.24) is 4.98 Å². The number of hydrogen-bond acceptors (Lipinski definition) is 3. The van der Waals surface area contributed by atoms with E-state index in [0.29, 0.717) is 12.6 Å². The van der Waals surface area contributed by atoms with Gasteiger partial charge in [-0.15, -0.1) is 0 Å². The molecule has 1 saturated heterocycles. The highest BCUT2D eigenvalue weighted by Gasteiger charge is 2.27. The molecule has 1 aliphatic heterocycles. The number of pyridine rings is 1. The van der Waals surface area contributed by atoms with E-state index >= 15 is 0 Å². The number of rotatable bonds is 3. The van der Waals surface area contributed by atoms with E-state index in [1.165, 1.54) is 54.7 Å². The van der Waals surface area contributed by atoms with Crippen LogP contribution >= 0.6 is 0 Å². The second-order valence-corrected chi connectivity index (χ2v) is 5.53. The van der Waals surface area contributed by atoms with Gasteiger partial charge < -0.3 is 10.6 Å². The molecule has 1 aromatic heterocycles. The molecule has 98 valence electrons. The van der Waals surface area contributed by atoms with Gasteiger partial charge in [-0.3, -0.25) is 0 Å². The van der Waals surface area contributed by atoms with Crippen molar-refractivity contribution in [3.8, 4) is 0 Å². The summed E-state index contributed by atoms with van der Waals surface area (Å²) in [6.07, 6.45) is 7.40. The van der Waals surface area contributed by atoms with Crippen molar-refractivity contribution < 1.29 is 0 Å². The van der Waals surface area contributed by atoms with Crippen molar-refractivity contribution >= 4 is 5.82 Å². The van der Waals surface area contributed by atoms with E-state index in [2.05, 4.69) is 17.9 Å². The Morgan fingerprint density at radius 2 is 2.28 bits per heavy atom. The summed E-state index contributed by atoms with van der Waals surface area (Å²) in [4.78, 5) is 7.45. The average Bonchev–Trinajstić information content (AvgIpc) is 3.04. The van der Waals surface area contributed by atoms with Crippen LogP contribution in [-0.2, 0) is 19.4 Å². The molecule has 1 unspecified atom stereocenters. The molecule has 0 saturated carbocycles. The smallest absolute Gasteiger partial charge is 0.133 e. The lowest BCUT2D eigenvalue weighted by molar-refractivity contribution is 0.637. The van der Waals surface area contributed by atoms with Crippen molar-refractivity contribution in [2.24, 2.45) is 5.73 Å². The Morgan fingerprint density at radius 1 is 1.39 bits per heavy atom. The Bertz CT molecular complexity index is 442. The predicted molar refractivity (Wildman–Crippen MR) is 74.8 cm³/mol. The van der Waals surface area contributed by atoms with E-state index in [0.717, 1.165) is 13.0 Å². The van der Waals surface area contributed by atoms with Crippen molar-refractivity contribution in [3.63, 3.8) is 0 Å². The minimum Gasteiger partial charge on any atom is -0.353 e. The summed E-state index contributed by atoms with van der Waals surface area (Å²) in [5.41, 5.74) is 9.94. The van der Waals surface area contributed by atoms with Gasteiger partial charge >= 0.3 is 0 Å². The summed E-state index contributed by atoms with van der Waals surface area (Å²) in [5, 5.41) is 0. The van der Waals surface area contributed by atoms with E-state index in [-0.39, 0.29) is 0 Å². The topological polar surface area (TPSA) is 42.2 Å². The van der Waals surface area contributed by atoms with E-state index in [9.17, 15) is 0 Å². The molecule has 0 amide bonds. The number of nitrogens with zero attached hydrogens (tertiary/aromatic N) is 2. The summed E-state index contributed by atoms with van der Waals surface area (Å²) in [5.74, 6) is 1.18. The fraction of sp³-hybridized carbons (Fsp3) is 0.667. The first-order valence-corrected chi connectivity index (χ1v) is 7.32. The molecule has 0 bridgehead atoms. The van der Waals surface area contributed by atoms with Gasteiger partial charge in [0.1, 0.15) is 5.82 Å². The second kappa shape index (κ2) is 4.88. The Labute approximate surface area is 109 Å². The third-order valence-electron chi connectivity index (χ3n) is 4.45. The predicted octanol–water partition coefficient (Wildman–Crippen LogP) is 2.41. The molecule has 3 heteroatoms. The zero-order chi connectivity index (χ0) is 12.5. The summed E-state index contributed by atoms with van der Waals surface area (Å²) in [7, 11) is 0. The quantitative estimate of drug-likeness (QED) is 0.889. The van der Waals surface area contributed by atoms with Crippen LogP contribution in [0.4, 0.5) is 5.82 Å². The summed E-state index contributed by atoms with van der Waals surface area (Å²) in [6, 6.07) is 2.98. The molecule has 18 heavy (non-hydrogen) atoms. The maximum Gasteiger partial charge on any atom is 0.133 e. The summed E-state index contributed by atoms with van der Waals surface area (Å²) >= 11 is 0. The standard InChI is InChI=1S/C15H23N3/c1-2-13-6-4-8-18(13)15-12(10-16)9-11-5-3-7-14(11)17-15/h9,13H,2-8,10,16H2,1H3. The molecule has 2 N–H and O–H groups in total. The zero-order valence-electron chi connectivity index (χ0n) is 11.3. The minimum atomic E-state index is 0.614. The third-order valence-corrected chi connectivity index (χ3v) is 4.45. The molecule has 3 nitrogen and oxygen atoms in total. The van der Waals surface area contributed by atoms with Crippen molar-refractivity contribution in [3.05, 3.63) is 22.9 Å². The highest BCUT2D eigenvalue weighted by atomic mass is 15.2. The number of nitrogens with two attached hydrogens (primary N) is 1. The third kappa shape index (κ3) is 1.91. The number of fused-ring (bicyclic) bond motifs is 1. The van der Waals surface area contributed by atoms with Gasteiger partial charge in [-0.2, -0.15) is 0 Å². The Kier molecular flexibility index (Phi) is 3.25. The van der Waals surface area contributed by atoms with Gasteiger partial charge in [0.25, 0.3) is 0 Å². The van der Waals surface area contributed by atoms with Gasteiger partial charge in [-0.25, -0.2) is 4.98 Å². The molecule has 1 atom stereocenters. The molecular weight excluding hydrogens is 222 g/mol.